The summed E-state index contributed by atoms with van der Waals surface area (Å²) in [6, 6.07) is 7.16. The van der Waals surface area contributed by atoms with E-state index in [4.69, 9.17) is 4.74 Å². The highest BCUT2D eigenvalue weighted by Gasteiger charge is 2.28. The summed E-state index contributed by atoms with van der Waals surface area (Å²) in [5.74, 6) is 0. The van der Waals surface area contributed by atoms with Crippen molar-refractivity contribution >= 4 is 15.9 Å². The van der Waals surface area contributed by atoms with Gasteiger partial charge in [-0.2, -0.15) is 0 Å². The summed E-state index contributed by atoms with van der Waals surface area (Å²) in [4.78, 5) is 2.26. The first-order chi connectivity index (χ1) is 8.59. The third-order valence-corrected chi connectivity index (χ3v) is 3.94. The fraction of sp³-hybridized carbons (Fsp3) is 0.571. The second kappa shape index (κ2) is 6.15. The van der Waals surface area contributed by atoms with Crippen molar-refractivity contribution in [2.75, 3.05) is 33.9 Å². The first-order valence-corrected chi connectivity index (χ1v) is 7.12. The number of aryl methyl sites for hydroxylation is 1. The van der Waals surface area contributed by atoms with E-state index in [0.717, 1.165) is 24.2 Å². The molecule has 3 nitrogen and oxygen atoms in total. The Morgan fingerprint density at radius 2 is 2.22 bits per heavy atom. The molecular weight excluding hydrogens is 292 g/mol. The highest BCUT2D eigenvalue weighted by atomic mass is 79.9. The molecule has 0 aromatic heterocycles. The number of hydrogen-bond acceptors (Lipinski definition) is 3. The largest absolute Gasteiger partial charge is 0.378 e. The van der Waals surface area contributed by atoms with Crippen molar-refractivity contribution in [3.63, 3.8) is 0 Å². The van der Waals surface area contributed by atoms with Gasteiger partial charge in [0, 0.05) is 11.0 Å². The molecule has 2 rings (SSSR count). The number of benzene rings is 1. The van der Waals surface area contributed by atoms with Gasteiger partial charge in [0.15, 0.2) is 0 Å². The quantitative estimate of drug-likeness (QED) is 0.927. The van der Waals surface area contributed by atoms with Crippen molar-refractivity contribution in [1.82, 2.24) is 10.2 Å². The Bertz CT molecular complexity index is 403. The van der Waals surface area contributed by atoms with Crippen molar-refractivity contribution in [3.05, 3.63) is 33.8 Å². The zero-order valence-electron chi connectivity index (χ0n) is 11.2. The minimum atomic E-state index is 0.336. The van der Waals surface area contributed by atoms with E-state index in [9.17, 15) is 0 Å². The molecule has 1 aliphatic rings. The van der Waals surface area contributed by atoms with Gasteiger partial charge < -0.3 is 15.0 Å². The van der Waals surface area contributed by atoms with Crippen molar-refractivity contribution in [1.29, 1.82) is 0 Å². The Balaban J connectivity index is 2.31. The van der Waals surface area contributed by atoms with E-state index in [1.165, 1.54) is 11.1 Å². The van der Waals surface area contributed by atoms with Crippen LogP contribution in [0.1, 0.15) is 17.2 Å². The standard InChI is InChI=1S/C14H21BrN2O/c1-10-4-5-11(15)8-12(10)14(17(2)3)13-9-18-7-6-16-13/h4-5,8,13-14,16H,6-7,9H2,1-3H3. The van der Waals surface area contributed by atoms with Gasteiger partial charge in [-0.15, -0.1) is 0 Å². The molecule has 18 heavy (non-hydrogen) atoms. The van der Waals surface area contributed by atoms with E-state index in [1.54, 1.807) is 0 Å². The zero-order chi connectivity index (χ0) is 13.1. The van der Waals surface area contributed by atoms with Crippen LogP contribution in [0.25, 0.3) is 0 Å². The van der Waals surface area contributed by atoms with Gasteiger partial charge in [-0.1, -0.05) is 22.0 Å². The van der Waals surface area contributed by atoms with Gasteiger partial charge in [-0.25, -0.2) is 0 Å². The Kier molecular flexibility index (Phi) is 4.78. The fourth-order valence-corrected chi connectivity index (χ4v) is 2.95. The number of nitrogens with zero attached hydrogens (tertiary/aromatic N) is 1. The minimum absolute atomic E-state index is 0.336. The summed E-state index contributed by atoms with van der Waals surface area (Å²) < 4.78 is 6.74. The molecule has 1 N–H and O–H groups in total. The Hall–Kier alpha value is -0.420. The number of halogens is 1. The lowest BCUT2D eigenvalue weighted by Gasteiger charge is -2.36. The highest BCUT2D eigenvalue weighted by Crippen LogP contribution is 2.28. The number of hydrogen-bond donors (Lipinski definition) is 1. The van der Waals surface area contributed by atoms with Crippen LogP contribution in [0.4, 0.5) is 0 Å². The normalized spacial score (nSPS) is 22.2. The second-order valence-corrected chi connectivity index (χ2v) is 5.96. The lowest BCUT2D eigenvalue weighted by atomic mass is 9.94. The van der Waals surface area contributed by atoms with Gasteiger partial charge in [0.25, 0.3) is 0 Å². The van der Waals surface area contributed by atoms with Crippen molar-refractivity contribution in [3.8, 4) is 0 Å². The molecule has 2 unspecified atom stereocenters. The molecule has 1 saturated heterocycles. The molecule has 0 spiro atoms. The molecule has 1 aromatic carbocycles. The van der Waals surface area contributed by atoms with Gasteiger partial charge in [-0.3, -0.25) is 0 Å². The summed E-state index contributed by atoms with van der Waals surface area (Å²) in [5.41, 5.74) is 2.68. The second-order valence-electron chi connectivity index (χ2n) is 5.04. The SMILES string of the molecule is Cc1ccc(Br)cc1C(C1COCCN1)N(C)C. The average Bonchev–Trinajstić information content (AvgIpc) is 2.35. The smallest absolute Gasteiger partial charge is 0.0639 e. The summed E-state index contributed by atoms with van der Waals surface area (Å²) >= 11 is 3.57. The Labute approximate surface area is 118 Å². The number of morpholine rings is 1. The maximum Gasteiger partial charge on any atom is 0.0639 e. The summed E-state index contributed by atoms with van der Waals surface area (Å²) in [6.07, 6.45) is 0. The van der Waals surface area contributed by atoms with Crippen LogP contribution in [0, 0.1) is 6.92 Å². The van der Waals surface area contributed by atoms with E-state index >= 15 is 0 Å². The van der Waals surface area contributed by atoms with Crippen LogP contribution >= 0.6 is 15.9 Å². The van der Waals surface area contributed by atoms with Crippen molar-refractivity contribution in [2.45, 2.75) is 19.0 Å². The number of likely N-dealkylation sites (N-methyl/N-ethyl adjacent to an activating group) is 1. The molecule has 0 amide bonds. The van der Waals surface area contributed by atoms with Gasteiger partial charge in [0.05, 0.1) is 25.3 Å². The third-order valence-electron chi connectivity index (χ3n) is 3.45. The predicted molar refractivity (Wildman–Crippen MR) is 77.9 cm³/mol. The van der Waals surface area contributed by atoms with Crippen LogP contribution in [0.5, 0.6) is 0 Å². The summed E-state index contributed by atoms with van der Waals surface area (Å²) in [5, 5.41) is 3.56. The molecule has 1 fully saturated rings. The Morgan fingerprint density at radius 1 is 1.44 bits per heavy atom. The van der Waals surface area contributed by atoms with E-state index in [0.29, 0.717) is 12.1 Å². The first-order valence-electron chi connectivity index (χ1n) is 6.33. The average molecular weight is 313 g/mol. The van der Waals surface area contributed by atoms with E-state index < -0.39 is 0 Å². The minimum Gasteiger partial charge on any atom is -0.378 e. The first kappa shape index (κ1) is 14.0. The molecular formula is C14H21BrN2O. The molecule has 4 heteroatoms. The van der Waals surface area contributed by atoms with Crippen LogP contribution in [-0.4, -0.2) is 44.8 Å². The molecule has 0 bridgehead atoms. The molecule has 2 atom stereocenters. The van der Waals surface area contributed by atoms with E-state index in [1.807, 2.05) is 0 Å². The number of ether oxygens (including phenoxy) is 1. The lowest BCUT2D eigenvalue weighted by Crippen LogP contribution is -2.49. The lowest BCUT2D eigenvalue weighted by molar-refractivity contribution is 0.0458. The molecule has 1 aromatic rings. The van der Waals surface area contributed by atoms with Gasteiger partial charge in [-0.05, 0) is 44.3 Å². The van der Waals surface area contributed by atoms with Crippen LogP contribution in [0.3, 0.4) is 0 Å². The molecule has 100 valence electrons. The van der Waals surface area contributed by atoms with Crippen LogP contribution in [-0.2, 0) is 4.74 Å². The highest BCUT2D eigenvalue weighted by molar-refractivity contribution is 9.10. The fourth-order valence-electron chi connectivity index (χ4n) is 2.57. The van der Waals surface area contributed by atoms with Crippen LogP contribution in [0.15, 0.2) is 22.7 Å². The molecule has 0 aliphatic carbocycles. The van der Waals surface area contributed by atoms with Gasteiger partial charge in [0.1, 0.15) is 0 Å². The van der Waals surface area contributed by atoms with E-state index in [2.05, 4.69) is 65.4 Å². The number of nitrogens with one attached hydrogen (secondary N) is 1. The maximum atomic E-state index is 5.60. The molecule has 1 aliphatic heterocycles. The van der Waals surface area contributed by atoms with Crippen molar-refractivity contribution in [2.24, 2.45) is 0 Å². The van der Waals surface area contributed by atoms with Crippen LogP contribution in [0.2, 0.25) is 0 Å². The van der Waals surface area contributed by atoms with Gasteiger partial charge in [0.2, 0.25) is 0 Å². The topological polar surface area (TPSA) is 24.5 Å². The van der Waals surface area contributed by atoms with Crippen LogP contribution < -0.4 is 5.32 Å². The summed E-state index contributed by atoms with van der Waals surface area (Å²) in [6.45, 7) is 4.69. The molecule has 0 radical (unpaired) electrons. The van der Waals surface area contributed by atoms with Crippen molar-refractivity contribution < 1.29 is 4.74 Å². The van der Waals surface area contributed by atoms with Gasteiger partial charge >= 0.3 is 0 Å². The summed E-state index contributed by atoms with van der Waals surface area (Å²) in [7, 11) is 4.25. The predicted octanol–water partition coefficient (Wildman–Crippen LogP) is 2.35. The molecule has 1 heterocycles. The monoisotopic (exact) mass is 312 g/mol. The number of rotatable bonds is 3. The maximum absolute atomic E-state index is 5.60. The Morgan fingerprint density at radius 3 is 2.83 bits per heavy atom. The van der Waals surface area contributed by atoms with E-state index in [-0.39, 0.29) is 0 Å². The molecule has 0 saturated carbocycles. The zero-order valence-corrected chi connectivity index (χ0v) is 12.8. The third kappa shape index (κ3) is 3.12.